The highest BCUT2D eigenvalue weighted by molar-refractivity contribution is 7.89. The lowest BCUT2D eigenvalue weighted by molar-refractivity contribution is -0.0899. The standard InChI is InChI=1S/C16H24N2O3S/c1-3-17-10-8-16(9-11-17)18(12-13-21-16)22(19)15-6-4-14(20-2)5-7-15/h4-7H,3,8-13H2,1-2H3. The Kier molecular flexibility index (Phi) is 4.94. The summed E-state index contributed by atoms with van der Waals surface area (Å²) in [6.45, 7) is 6.65. The molecule has 2 aliphatic heterocycles. The number of methoxy groups -OCH3 is 1. The van der Waals surface area contributed by atoms with Gasteiger partial charge >= 0.3 is 0 Å². The van der Waals surface area contributed by atoms with Crippen LogP contribution in [0.15, 0.2) is 29.2 Å². The summed E-state index contributed by atoms with van der Waals surface area (Å²) in [6, 6.07) is 7.47. The summed E-state index contributed by atoms with van der Waals surface area (Å²) >= 11 is -1.18. The SMILES string of the molecule is CCN1CCC2(CC1)OCCN2[S+]([O-])c1ccc(OC)cc1. The van der Waals surface area contributed by atoms with E-state index in [-0.39, 0.29) is 5.72 Å². The molecule has 6 heteroatoms. The summed E-state index contributed by atoms with van der Waals surface area (Å²) in [6.07, 6.45) is 1.84. The van der Waals surface area contributed by atoms with Crippen LogP contribution >= 0.6 is 0 Å². The van der Waals surface area contributed by atoms with E-state index >= 15 is 0 Å². The van der Waals surface area contributed by atoms with Gasteiger partial charge in [-0.15, -0.1) is 0 Å². The Labute approximate surface area is 135 Å². The summed E-state index contributed by atoms with van der Waals surface area (Å²) in [5.74, 6) is 0.782. The van der Waals surface area contributed by atoms with Gasteiger partial charge in [0, 0.05) is 25.9 Å². The first-order chi connectivity index (χ1) is 10.7. The third-order valence-electron chi connectivity index (χ3n) is 4.67. The first kappa shape index (κ1) is 16.1. The largest absolute Gasteiger partial charge is 0.593 e. The molecule has 0 saturated carbocycles. The molecule has 1 spiro atoms. The zero-order valence-electron chi connectivity index (χ0n) is 13.3. The van der Waals surface area contributed by atoms with Crippen molar-refractivity contribution in [3.63, 3.8) is 0 Å². The van der Waals surface area contributed by atoms with Crippen LogP contribution in [0.3, 0.4) is 0 Å². The third-order valence-corrected chi connectivity index (χ3v) is 6.26. The minimum absolute atomic E-state index is 0.351. The maximum absolute atomic E-state index is 13.0. The first-order valence-electron chi connectivity index (χ1n) is 7.88. The third kappa shape index (κ3) is 2.98. The molecule has 0 aromatic heterocycles. The second kappa shape index (κ2) is 6.76. The van der Waals surface area contributed by atoms with E-state index in [1.807, 2.05) is 28.6 Å². The van der Waals surface area contributed by atoms with Crippen molar-refractivity contribution in [3.05, 3.63) is 24.3 Å². The van der Waals surface area contributed by atoms with Crippen molar-refractivity contribution in [1.82, 2.24) is 9.21 Å². The van der Waals surface area contributed by atoms with E-state index in [1.165, 1.54) is 0 Å². The Morgan fingerprint density at radius 1 is 1.23 bits per heavy atom. The lowest BCUT2D eigenvalue weighted by atomic mass is 10.0. The van der Waals surface area contributed by atoms with Gasteiger partial charge in [-0.3, -0.25) is 0 Å². The molecule has 1 unspecified atom stereocenters. The van der Waals surface area contributed by atoms with Gasteiger partial charge in [-0.05, 0) is 30.8 Å². The highest BCUT2D eigenvalue weighted by Gasteiger charge is 2.51. The van der Waals surface area contributed by atoms with E-state index in [1.54, 1.807) is 7.11 Å². The highest BCUT2D eigenvalue weighted by atomic mass is 32.2. The Morgan fingerprint density at radius 3 is 2.50 bits per heavy atom. The van der Waals surface area contributed by atoms with E-state index < -0.39 is 11.4 Å². The van der Waals surface area contributed by atoms with Crippen LogP contribution in [-0.4, -0.2) is 59.4 Å². The van der Waals surface area contributed by atoms with Gasteiger partial charge in [0.15, 0.2) is 10.6 Å². The van der Waals surface area contributed by atoms with Crippen molar-refractivity contribution in [1.29, 1.82) is 0 Å². The fraction of sp³-hybridized carbons (Fsp3) is 0.625. The van der Waals surface area contributed by atoms with Crippen LogP contribution in [-0.2, 0) is 16.1 Å². The molecular formula is C16H24N2O3S. The van der Waals surface area contributed by atoms with Crippen molar-refractivity contribution in [2.45, 2.75) is 30.4 Å². The summed E-state index contributed by atoms with van der Waals surface area (Å²) in [4.78, 5) is 3.23. The van der Waals surface area contributed by atoms with Crippen LogP contribution in [0.5, 0.6) is 5.75 Å². The second-order valence-electron chi connectivity index (χ2n) is 5.76. The van der Waals surface area contributed by atoms with E-state index in [4.69, 9.17) is 9.47 Å². The topological polar surface area (TPSA) is 48.0 Å². The van der Waals surface area contributed by atoms with Gasteiger partial charge in [-0.25, -0.2) is 0 Å². The lowest BCUT2D eigenvalue weighted by Gasteiger charge is -2.42. The van der Waals surface area contributed by atoms with Gasteiger partial charge in [-0.2, -0.15) is 0 Å². The molecule has 0 bridgehead atoms. The number of rotatable bonds is 4. The quantitative estimate of drug-likeness (QED) is 0.791. The van der Waals surface area contributed by atoms with Crippen LogP contribution in [0.25, 0.3) is 0 Å². The fourth-order valence-corrected chi connectivity index (χ4v) is 4.66. The highest BCUT2D eigenvalue weighted by Crippen LogP contribution is 2.38. The monoisotopic (exact) mass is 324 g/mol. The fourth-order valence-electron chi connectivity index (χ4n) is 3.26. The average Bonchev–Trinajstić information content (AvgIpc) is 2.98. The molecule has 2 heterocycles. The van der Waals surface area contributed by atoms with Crippen molar-refractivity contribution < 1.29 is 14.0 Å². The zero-order chi connectivity index (χ0) is 15.6. The molecule has 1 atom stereocenters. The molecule has 0 radical (unpaired) electrons. The molecular weight excluding hydrogens is 300 g/mol. The summed E-state index contributed by atoms with van der Waals surface area (Å²) in [5.41, 5.74) is -0.351. The molecule has 5 nitrogen and oxygen atoms in total. The van der Waals surface area contributed by atoms with Crippen LogP contribution < -0.4 is 4.74 Å². The van der Waals surface area contributed by atoms with Crippen LogP contribution in [0.2, 0.25) is 0 Å². The van der Waals surface area contributed by atoms with Gasteiger partial charge in [-0.1, -0.05) is 11.2 Å². The van der Waals surface area contributed by atoms with Crippen molar-refractivity contribution >= 4 is 11.4 Å². The minimum atomic E-state index is -1.18. The van der Waals surface area contributed by atoms with Gasteiger partial charge in [0.2, 0.25) is 0 Å². The number of nitrogens with zero attached hydrogens (tertiary/aromatic N) is 2. The Morgan fingerprint density at radius 2 is 1.91 bits per heavy atom. The number of ether oxygens (including phenoxy) is 2. The van der Waals surface area contributed by atoms with E-state index in [0.717, 1.165) is 49.7 Å². The predicted molar refractivity (Wildman–Crippen MR) is 86.1 cm³/mol. The molecule has 1 aromatic carbocycles. The molecule has 0 N–H and O–H groups in total. The Balaban J connectivity index is 1.74. The number of benzene rings is 1. The smallest absolute Gasteiger partial charge is 0.174 e. The average molecular weight is 324 g/mol. The number of likely N-dealkylation sites (tertiary alicyclic amines) is 1. The molecule has 3 rings (SSSR count). The number of hydrogen-bond acceptors (Lipinski definition) is 5. The maximum Gasteiger partial charge on any atom is 0.174 e. The molecule has 22 heavy (non-hydrogen) atoms. The Bertz CT molecular complexity index is 489. The van der Waals surface area contributed by atoms with Crippen molar-refractivity contribution in [3.8, 4) is 5.75 Å². The van der Waals surface area contributed by atoms with Crippen molar-refractivity contribution in [2.24, 2.45) is 0 Å². The zero-order valence-corrected chi connectivity index (χ0v) is 14.1. The van der Waals surface area contributed by atoms with E-state index in [2.05, 4.69) is 11.8 Å². The number of hydrogen-bond donors (Lipinski definition) is 0. The van der Waals surface area contributed by atoms with E-state index in [0.29, 0.717) is 6.61 Å². The van der Waals surface area contributed by atoms with Crippen LogP contribution in [0.4, 0.5) is 0 Å². The van der Waals surface area contributed by atoms with E-state index in [9.17, 15) is 4.55 Å². The maximum atomic E-state index is 13.0. The van der Waals surface area contributed by atoms with Gasteiger partial charge in [0.05, 0.1) is 31.6 Å². The van der Waals surface area contributed by atoms with Crippen molar-refractivity contribution in [2.75, 3.05) is 39.9 Å². The van der Waals surface area contributed by atoms with Gasteiger partial charge < -0.3 is 18.9 Å². The summed E-state index contributed by atoms with van der Waals surface area (Å²) in [7, 11) is 1.64. The minimum Gasteiger partial charge on any atom is -0.593 e. The predicted octanol–water partition coefficient (Wildman–Crippen LogP) is 1.86. The van der Waals surface area contributed by atoms with Crippen LogP contribution in [0, 0.1) is 0 Å². The second-order valence-corrected chi connectivity index (χ2v) is 7.17. The molecule has 0 amide bonds. The summed E-state index contributed by atoms with van der Waals surface area (Å²) in [5, 5.41) is 0. The van der Waals surface area contributed by atoms with Gasteiger partial charge in [0.1, 0.15) is 5.75 Å². The molecule has 1 aromatic rings. The molecule has 2 saturated heterocycles. The molecule has 2 fully saturated rings. The lowest BCUT2D eigenvalue weighted by Crippen LogP contribution is -2.54. The number of piperidine rings is 1. The Hall–Kier alpha value is -0.790. The summed E-state index contributed by atoms with van der Waals surface area (Å²) < 4.78 is 26.2. The molecule has 122 valence electrons. The van der Waals surface area contributed by atoms with Crippen LogP contribution in [0.1, 0.15) is 19.8 Å². The molecule has 2 aliphatic rings. The molecule has 0 aliphatic carbocycles. The normalized spacial score (nSPS) is 23.8. The first-order valence-corrected chi connectivity index (χ1v) is 8.99. The van der Waals surface area contributed by atoms with Gasteiger partial charge in [0.25, 0.3) is 0 Å².